The lowest BCUT2D eigenvalue weighted by Gasteiger charge is -2.13. The van der Waals surface area contributed by atoms with Gasteiger partial charge in [-0.3, -0.25) is 9.78 Å². The summed E-state index contributed by atoms with van der Waals surface area (Å²) >= 11 is 0. The normalized spacial score (nSPS) is 12.1. The smallest absolute Gasteiger partial charge is 0.203 e. The van der Waals surface area contributed by atoms with Gasteiger partial charge in [-0.05, 0) is 24.6 Å². The summed E-state index contributed by atoms with van der Waals surface area (Å²) in [5.41, 5.74) is 2.92. The molecule has 1 aromatic carbocycles. The Balaban J connectivity index is 2.43. The molecule has 0 spiro atoms. The van der Waals surface area contributed by atoms with Crippen molar-refractivity contribution in [2.45, 2.75) is 6.92 Å². The maximum atomic E-state index is 12.5. The van der Waals surface area contributed by atoms with Crippen molar-refractivity contribution in [2.24, 2.45) is 0 Å². The molecule has 3 rings (SSSR count). The van der Waals surface area contributed by atoms with Crippen LogP contribution in [0.1, 0.15) is 21.5 Å². The highest BCUT2D eigenvalue weighted by atomic mass is 16.5. The summed E-state index contributed by atoms with van der Waals surface area (Å²) in [5, 5.41) is 9.98. The number of benzene rings is 1. The van der Waals surface area contributed by atoms with Crippen molar-refractivity contribution in [3.63, 3.8) is 0 Å². The number of methoxy groups -OCH3 is 2. The lowest BCUT2D eigenvalue weighted by molar-refractivity contribution is 0.104. The minimum atomic E-state index is -0.156. The van der Waals surface area contributed by atoms with Crippen LogP contribution in [0.15, 0.2) is 18.3 Å². The van der Waals surface area contributed by atoms with Gasteiger partial charge in [0.05, 0.1) is 31.0 Å². The topological polar surface area (TPSA) is 68.7 Å². The van der Waals surface area contributed by atoms with Crippen LogP contribution in [0, 0.1) is 6.92 Å². The Bertz CT molecular complexity index is 737. The molecule has 0 amide bonds. The van der Waals surface area contributed by atoms with Crippen LogP contribution in [-0.4, -0.2) is 30.1 Å². The van der Waals surface area contributed by atoms with Gasteiger partial charge in [-0.15, -0.1) is 0 Å². The SMILES string of the molecule is COc1c(O)cc2c(c1OC)-c1nccc(C)c1C2=O. The molecule has 0 bridgehead atoms. The van der Waals surface area contributed by atoms with Crippen LogP contribution >= 0.6 is 0 Å². The van der Waals surface area contributed by atoms with Crippen LogP contribution in [0.25, 0.3) is 11.3 Å². The maximum absolute atomic E-state index is 12.5. The molecule has 1 heterocycles. The van der Waals surface area contributed by atoms with E-state index < -0.39 is 0 Å². The van der Waals surface area contributed by atoms with Gasteiger partial charge in [-0.25, -0.2) is 0 Å². The van der Waals surface area contributed by atoms with Crippen molar-refractivity contribution in [3.05, 3.63) is 35.0 Å². The fraction of sp³-hybridized carbons (Fsp3) is 0.200. The molecule has 1 aromatic heterocycles. The van der Waals surface area contributed by atoms with Gasteiger partial charge in [0.25, 0.3) is 0 Å². The van der Waals surface area contributed by atoms with Crippen LogP contribution in [0.3, 0.4) is 0 Å². The third-order valence-electron chi connectivity index (χ3n) is 3.49. The van der Waals surface area contributed by atoms with Crippen molar-refractivity contribution in [1.29, 1.82) is 0 Å². The standard InChI is InChI=1S/C15H13NO4/c1-7-4-5-16-12-10(7)13(18)8-6-9(17)14(19-2)15(20-3)11(8)12/h4-6,17H,1-3H3. The highest BCUT2D eigenvalue weighted by Crippen LogP contribution is 2.50. The predicted octanol–water partition coefficient (Wildman–Crippen LogP) is 2.32. The molecule has 5 heteroatoms. The van der Waals surface area contributed by atoms with E-state index in [-0.39, 0.29) is 17.3 Å². The van der Waals surface area contributed by atoms with Crippen molar-refractivity contribution in [2.75, 3.05) is 14.2 Å². The van der Waals surface area contributed by atoms with Crippen molar-refractivity contribution in [1.82, 2.24) is 4.98 Å². The number of hydrogen-bond donors (Lipinski definition) is 1. The minimum Gasteiger partial charge on any atom is -0.504 e. The van der Waals surface area contributed by atoms with E-state index in [1.54, 1.807) is 12.3 Å². The summed E-state index contributed by atoms with van der Waals surface area (Å²) in [6.07, 6.45) is 1.65. The average molecular weight is 271 g/mol. The quantitative estimate of drug-likeness (QED) is 0.774. The van der Waals surface area contributed by atoms with Crippen LogP contribution in [-0.2, 0) is 0 Å². The first-order chi connectivity index (χ1) is 9.60. The number of aromatic hydroxyl groups is 1. The molecular formula is C15H13NO4. The number of nitrogens with zero attached hydrogens (tertiary/aromatic N) is 1. The number of ketones is 1. The first-order valence-electron chi connectivity index (χ1n) is 6.08. The van der Waals surface area contributed by atoms with Crippen LogP contribution < -0.4 is 9.47 Å². The number of pyridine rings is 1. The minimum absolute atomic E-state index is 0.123. The fourth-order valence-corrected chi connectivity index (χ4v) is 2.60. The van der Waals surface area contributed by atoms with Gasteiger partial charge in [0.15, 0.2) is 17.3 Å². The molecule has 1 N–H and O–H groups in total. The summed E-state index contributed by atoms with van der Waals surface area (Å²) < 4.78 is 10.5. The van der Waals surface area contributed by atoms with E-state index in [4.69, 9.17) is 9.47 Å². The zero-order valence-corrected chi connectivity index (χ0v) is 11.4. The number of hydrogen-bond acceptors (Lipinski definition) is 5. The van der Waals surface area contributed by atoms with Gasteiger partial charge in [0.2, 0.25) is 5.75 Å². The van der Waals surface area contributed by atoms with E-state index in [0.29, 0.717) is 28.1 Å². The van der Waals surface area contributed by atoms with E-state index in [1.165, 1.54) is 20.3 Å². The summed E-state index contributed by atoms with van der Waals surface area (Å²) in [7, 11) is 2.90. The largest absolute Gasteiger partial charge is 0.504 e. The Morgan fingerprint density at radius 3 is 2.50 bits per heavy atom. The molecule has 5 nitrogen and oxygen atoms in total. The summed E-state index contributed by atoms with van der Waals surface area (Å²) in [5.74, 6) is 0.252. The molecule has 1 aliphatic rings. The fourth-order valence-electron chi connectivity index (χ4n) is 2.60. The van der Waals surface area contributed by atoms with E-state index in [0.717, 1.165) is 5.56 Å². The van der Waals surface area contributed by atoms with Gasteiger partial charge in [0, 0.05) is 11.8 Å². The van der Waals surface area contributed by atoms with Crippen molar-refractivity contribution in [3.8, 4) is 28.5 Å². The lowest BCUT2D eigenvalue weighted by Crippen LogP contribution is -1.99. The number of carbonyl (C=O) groups is 1. The highest BCUT2D eigenvalue weighted by molar-refractivity contribution is 6.23. The molecule has 0 saturated carbocycles. The Hall–Kier alpha value is -2.56. The van der Waals surface area contributed by atoms with E-state index in [1.807, 2.05) is 6.92 Å². The van der Waals surface area contributed by atoms with E-state index in [2.05, 4.69) is 4.98 Å². The molecule has 0 aliphatic heterocycles. The average Bonchev–Trinajstić information content (AvgIpc) is 2.72. The number of aromatic nitrogens is 1. The highest BCUT2D eigenvalue weighted by Gasteiger charge is 2.35. The number of fused-ring (bicyclic) bond motifs is 3. The molecular weight excluding hydrogens is 258 g/mol. The Labute approximate surface area is 115 Å². The van der Waals surface area contributed by atoms with E-state index >= 15 is 0 Å². The van der Waals surface area contributed by atoms with Crippen molar-refractivity contribution < 1.29 is 19.4 Å². The molecule has 1 aliphatic carbocycles. The van der Waals surface area contributed by atoms with Crippen LogP contribution in [0.5, 0.6) is 17.2 Å². The summed E-state index contributed by atoms with van der Waals surface area (Å²) in [6, 6.07) is 3.19. The number of phenolic OH excluding ortho intramolecular Hbond substituents is 1. The molecule has 0 saturated heterocycles. The number of ether oxygens (including phenoxy) is 2. The maximum Gasteiger partial charge on any atom is 0.203 e. The lowest BCUT2D eigenvalue weighted by atomic mass is 10.1. The molecule has 2 aromatic rings. The molecule has 0 fully saturated rings. The second-order valence-corrected chi connectivity index (χ2v) is 4.57. The Morgan fingerprint density at radius 1 is 1.15 bits per heavy atom. The molecule has 20 heavy (non-hydrogen) atoms. The van der Waals surface area contributed by atoms with Crippen LogP contribution in [0.2, 0.25) is 0 Å². The summed E-state index contributed by atoms with van der Waals surface area (Å²) in [4.78, 5) is 16.8. The number of aryl methyl sites for hydroxylation is 1. The molecule has 102 valence electrons. The van der Waals surface area contributed by atoms with Gasteiger partial charge < -0.3 is 14.6 Å². The van der Waals surface area contributed by atoms with Crippen LogP contribution in [0.4, 0.5) is 0 Å². The van der Waals surface area contributed by atoms with Crippen molar-refractivity contribution >= 4 is 5.78 Å². The van der Waals surface area contributed by atoms with Gasteiger partial charge in [0.1, 0.15) is 0 Å². The molecule has 0 atom stereocenters. The predicted molar refractivity (Wildman–Crippen MR) is 72.6 cm³/mol. The number of phenols is 1. The molecule has 0 unspecified atom stereocenters. The third kappa shape index (κ3) is 1.43. The number of carbonyl (C=O) groups excluding carboxylic acids is 1. The summed E-state index contributed by atoms with van der Waals surface area (Å²) in [6.45, 7) is 1.86. The van der Waals surface area contributed by atoms with Gasteiger partial charge in [-0.2, -0.15) is 0 Å². The monoisotopic (exact) mass is 271 g/mol. The number of rotatable bonds is 2. The first-order valence-corrected chi connectivity index (χ1v) is 6.08. The zero-order valence-electron chi connectivity index (χ0n) is 11.4. The molecule has 0 radical (unpaired) electrons. The zero-order chi connectivity index (χ0) is 14.4. The van der Waals surface area contributed by atoms with Gasteiger partial charge >= 0.3 is 0 Å². The second-order valence-electron chi connectivity index (χ2n) is 4.57. The van der Waals surface area contributed by atoms with Gasteiger partial charge in [-0.1, -0.05) is 0 Å². The second kappa shape index (κ2) is 4.23. The van der Waals surface area contributed by atoms with E-state index in [9.17, 15) is 9.90 Å². The first kappa shape index (κ1) is 12.5. The third-order valence-corrected chi connectivity index (χ3v) is 3.49. The Kier molecular flexibility index (Phi) is 2.64. The Morgan fingerprint density at radius 2 is 1.85 bits per heavy atom.